The van der Waals surface area contributed by atoms with Crippen LogP contribution in [-0.4, -0.2) is 85.8 Å². The highest BCUT2D eigenvalue weighted by molar-refractivity contribution is 7.92. The third kappa shape index (κ3) is 9.89. The van der Waals surface area contributed by atoms with Gasteiger partial charge in [0.05, 0.1) is 35.3 Å². The fourth-order valence-electron chi connectivity index (χ4n) is 5.45. The number of ether oxygens (including phenoxy) is 2. The number of nitrogens with zero attached hydrogens (tertiary/aromatic N) is 3. The Morgan fingerprint density at radius 3 is 2.52 bits per heavy atom. The van der Waals surface area contributed by atoms with Crippen molar-refractivity contribution in [1.29, 1.82) is 0 Å². The maximum Gasteiger partial charge on any atom is 0.261 e. The smallest absolute Gasteiger partial charge is 0.261 e. The molecule has 4 rings (SSSR count). The second-order valence-electron chi connectivity index (χ2n) is 12.1. The molecule has 0 radical (unpaired) electrons. The molecule has 12 heteroatoms. The molecule has 1 aliphatic rings. The molecule has 0 saturated carbocycles. The zero-order chi connectivity index (χ0) is 33.3. The van der Waals surface area contributed by atoms with Gasteiger partial charge in [-0.2, -0.15) is 0 Å². The molecule has 3 aromatic rings. The summed E-state index contributed by atoms with van der Waals surface area (Å²) in [4.78, 5) is 22.3. The first-order valence-corrected chi connectivity index (χ1v) is 17.5. The van der Waals surface area contributed by atoms with Crippen molar-refractivity contribution in [3.05, 3.63) is 83.1 Å². The minimum Gasteiger partial charge on any atom is -0.490 e. The summed E-state index contributed by atoms with van der Waals surface area (Å²) in [6.45, 7) is 7.80. The average Bonchev–Trinajstić information content (AvgIpc) is 3.03. The van der Waals surface area contributed by atoms with E-state index in [9.17, 15) is 18.3 Å². The number of aliphatic hydroxyl groups excluding tert-OH is 1. The van der Waals surface area contributed by atoms with Gasteiger partial charge in [0.1, 0.15) is 5.75 Å². The molecular weight excluding hydrogens is 628 g/mol. The van der Waals surface area contributed by atoms with E-state index in [1.54, 1.807) is 36.4 Å². The van der Waals surface area contributed by atoms with E-state index in [4.69, 9.17) is 21.1 Å². The zero-order valence-electron chi connectivity index (χ0n) is 26.9. The lowest BCUT2D eigenvalue weighted by atomic mass is 10.0. The van der Waals surface area contributed by atoms with Crippen molar-refractivity contribution < 1.29 is 27.8 Å². The SMILES string of the molecule is C[C@@H]1CCCCO[C@H](CN(C)Cc2ccncc2)[C@H](C)CN([C@@H](C)CO)C(=O)c2cc(NS(=O)(=O)c3ccc(Cl)cc3)ccc2O1. The zero-order valence-corrected chi connectivity index (χ0v) is 28.5. The van der Waals surface area contributed by atoms with Crippen LogP contribution in [0.4, 0.5) is 5.69 Å². The number of pyridine rings is 1. The molecule has 0 bridgehead atoms. The minimum atomic E-state index is -3.96. The van der Waals surface area contributed by atoms with Crippen LogP contribution in [-0.2, 0) is 21.3 Å². The van der Waals surface area contributed by atoms with Crippen LogP contribution in [0.3, 0.4) is 0 Å². The molecule has 1 aliphatic heterocycles. The number of amides is 1. The van der Waals surface area contributed by atoms with Gasteiger partial charge >= 0.3 is 0 Å². The molecule has 2 aromatic carbocycles. The van der Waals surface area contributed by atoms with Crippen LogP contribution in [0.2, 0.25) is 5.02 Å². The number of carbonyl (C=O) groups is 1. The first kappa shape index (κ1) is 35.6. The van der Waals surface area contributed by atoms with Gasteiger partial charge in [-0.25, -0.2) is 8.42 Å². The van der Waals surface area contributed by atoms with E-state index < -0.39 is 16.1 Å². The fourth-order valence-corrected chi connectivity index (χ4v) is 6.62. The molecule has 0 aliphatic carbocycles. The molecule has 1 amide bonds. The van der Waals surface area contributed by atoms with Crippen LogP contribution in [0.1, 0.15) is 56.0 Å². The van der Waals surface area contributed by atoms with Gasteiger partial charge in [-0.1, -0.05) is 18.5 Å². The Balaban J connectivity index is 1.64. The third-order valence-electron chi connectivity index (χ3n) is 8.12. The number of benzene rings is 2. The summed E-state index contributed by atoms with van der Waals surface area (Å²) >= 11 is 5.95. The van der Waals surface area contributed by atoms with Gasteiger partial charge < -0.3 is 19.5 Å². The Morgan fingerprint density at radius 1 is 1.11 bits per heavy atom. The number of rotatable bonds is 9. The maximum atomic E-state index is 14.3. The van der Waals surface area contributed by atoms with E-state index >= 15 is 0 Å². The Hall–Kier alpha value is -3.22. The number of halogens is 1. The number of carbonyl (C=O) groups excluding carboxylic acids is 1. The van der Waals surface area contributed by atoms with Gasteiger partial charge in [0.15, 0.2) is 0 Å². The van der Waals surface area contributed by atoms with Crippen molar-refractivity contribution in [3.8, 4) is 5.75 Å². The van der Waals surface area contributed by atoms with E-state index in [2.05, 4.69) is 21.5 Å². The van der Waals surface area contributed by atoms with Gasteiger partial charge in [-0.15, -0.1) is 0 Å². The van der Waals surface area contributed by atoms with E-state index in [0.717, 1.165) is 31.4 Å². The highest BCUT2D eigenvalue weighted by atomic mass is 35.5. The van der Waals surface area contributed by atoms with E-state index in [1.165, 1.54) is 30.3 Å². The van der Waals surface area contributed by atoms with Crippen molar-refractivity contribution >= 4 is 33.2 Å². The predicted octanol–water partition coefficient (Wildman–Crippen LogP) is 5.46. The molecular formula is C34H45ClN4O6S. The number of nitrogens with one attached hydrogen (secondary N) is 1. The summed E-state index contributed by atoms with van der Waals surface area (Å²) in [6.07, 6.45) is 5.67. The van der Waals surface area contributed by atoms with Crippen LogP contribution in [0.5, 0.6) is 5.75 Å². The average molecular weight is 673 g/mol. The molecule has 0 saturated heterocycles. The third-order valence-corrected chi connectivity index (χ3v) is 9.77. The van der Waals surface area contributed by atoms with E-state index in [0.29, 0.717) is 30.5 Å². The summed E-state index contributed by atoms with van der Waals surface area (Å²) in [5.41, 5.74) is 1.56. The number of aromatic nitrogens is 1. The summed E-state index contributed by atoms with van der Waals surface area (Å²) in [5, 5.41) is 10.6. The lowest BCUT2D eigenvalue weighted by molar-refractivity contribution is -0.0177. The molecule has 46 heavy (non-hydrogen) atoms. The van der Waals surface area contributed by atoms with E-state index in [-0.39, 0.29) is 46.8 Å². The lowest BCUT2D eigenvalue weighted by Crippen LogP contribution is -2.47. The second kappa shape index (κ2) is 16.6. The summed E-state index contributed by atoms with van der Waals surface area (Å²) in [6, 6.07) is 14.0. The normalized spacial score (nSPS) is 20.8. The second-order valence-corrected chi connectivity index (χ2v) is 14.2. The highest BCUT2D eigenvalue weighted by Crippen LogP contribution is 2.30. The quantitative estimate of drug-likeness (QED) is 0.307. The largest absolute Gasteiger partial charge is 0.490 e. The monoisotopic (exact) mass is 672 g/mol. The standard InChI is InChI=1S/C34H45ClN4O6S/c1-24-20-39(25(2)23-40)34(41)31-19-29(37-46(42,43)30-11-8-28(35)9-12-30)10-13-32(31)45-26(3)7-5-6-18-44-33(24)22-38(4)21-27-14-16-36-17-15-27/h8-17,19,24-26,33,37,40H,5-7,18,20-23H2,1-4H3/t24-,25+,26-,33-/m1/s1. The Kier molecular flexibility index (Phi) is 12.8. The predicted molar refractivity (Wildman–Crippen MR) is 180 cm³/mol. The number of likely N-dealkylation sites (N-methyl/N-ethyl adjacent to an activating group) is 1. The molecule has 0 fully saturated rings. The topological polar surface area (TPSA) is 121 Å². The highest BCUT2D eigenvalue weighted by Gasteiger charge is 2.30. The Bertz CT molecular complexity index is 1530. The van der Waals surface area contributed by atoms with Crippen LogP contribution in [0.15, 0.2) is 71.9 Å². The van der Waals surface area contributed by atoms with Crippen LogP contribution >= 0.6 is 11.6 Å². The fraction of sp³-hybridized carbons (Fsp3) is 0.471. The van der Waals surface area contributed by atoms with Crippen molar-refractivity contribution in [3.63, 3.8) is 0 Å². The lowest BCUT2D eigenvalue weighted by Gasteiger charge is -2.36. The molecule has 0 spiro atoms. The summed E-state index contributed by atoms with van der Waals surface area (Å²) in [5.74, 6) is -0.101. The molecule has 2 N–H and O–H groups in total. The van der Waals surface area contributed by atoms with Crippen LogP contribution in [0, 0.1) is 5.92 Å². The van der Waals surface area contributed by atoms with Crippen molar-refractivity contribution in [2.24, 2.45) is 5.92 Å². The maximum absolute atomic E-state index is 14.3. The van der Waals surface area contributed by atoms with Crippen molar-refractivity contribution in [1.82, 2.24) is 14.8 Å². The number of hydrogen-bond donors (Lipinski definition) is 2. The number of aliphatic hydroxyl groups is 1. The molecule has 250 valence electrons. The Labute approximate surface area is 277 Å². The number of anilines is 1. The summed E-state index contributed by atoms with van der Waals surface area (Å²) < 4.78 is 41.6. The number of hydrogen-bond acceptors (Lipinski definition) is 8. The van der Waals surface area contributed by atoms with Gasteiger partial charge in [0, 0.05) is 55.3 Å². The van der Waals surface area contributed by atoms with Crippen LogP contribution < -0.4 is 9.46 Å². The first-order valence-electron chi connectivity index (χ1n) is 15.7. The molecule has 1 aromatic heterocycles. The van der Waals surface area contributed by atoms with Gasteiger partial charge in [-0.05, 0) is 100 Å². The molecule has 2 heterocycles. The minimum absolute atomic E-state index is 0.0393. The van der Waals surface area contributed by atoms with Crippen LogP contribution in [0.25, 0.3) is 0 Å². The first-order chi connectivity index (χ1) is 22.0. The molecule has 4 atom stereocenters. The van der Waals surface area contributed by atoms with Gasteiger partial charge in [0.25, 0.3) is 15.9 Å². The molecule has 0 unspecified atom stereocenters. The van der Waals surface area contributed by atoms with Gasteiger partial charge in [-0.3, -0.25) is 19.4 Å². The Morgan fingerprint density at radius 2 is 1.83 bits per heavy atom. The molecule has 10 nitrogen and oxygen atoms in total. The van der Waals surface area contributed by atoms with Crippen molar-refractivity contribution in [2.45, 2.75) is 69.7 Å². The van der Waals surface area contributed by atoms with Gasteiger partial charge in [0.2, 0.25) is 0 Å². The number of sulfonamides is 1. The number of fused-ring (bicyclic) bond motifs is 1. The van der Waals surface area contributed by atoms with E-state index in [1.807, 2.05) is 26.1 Å². The summed E-state index contributed by atoms with van der Waals surface area (Å²) in [7, 11) is -1.91. The van der Waals surface area contributed by atoms with Crippen molar-refractivity contribution in [2.75, 3.05) is 38.1 Å².